The summed E-state index contributed by atoms with van der Waals surface area (Å²) < 4.78 is 3.85. The highest BCUT2D eigenvalue weighted by atomic mass is 35.5. The number of amides is 1. The molecule has 0 spiro atoms. The SMILES string of the molecule is Cc1cc(Cl)ccc1NC(=O)COC(=O)[C@]1(C)CC1(Cl)Cl. The molecule has 114 valence electrons. The van der Waals surface area contributed by atoms with Crippen molar-refractivity contribution in [1.29, 1.82) is 0 Å². The van der Waals surface area contributed by atoms with E-state index in [1.54, 1.807) is 25.1 Å². The third kappa shape index (κ3) is 3.44. The van der Waals surface area contributed by atoms with Crippen molar-refractivity contribution in [1.82, 2.24) is 0 Å². The first-order valence-corrected chi connectivity index (χ1v) is 7.40. The van der Waals surface area contributed by atoms with Gasteiger partial charge in [-0.3, -0.25) is 9.59 Å². The largest absolute Gasteiger partial charge is 0.455 e. The zero-order valence-corrected chi connectivity index (χ0v) is 13.8. The lowest BCUT2D eigenvalue weighted by molar-refractivity contribution is -0.152. The Balaban J connectivity index is 1.87. The third-order valence-electron chi connectivity index (χ3n) is 3.51. The van der Waals surface area contributed by atoms with Crippen LogP contribution in [0.5, 0.6) is 0 Å². The van der Waals surface area contributed by atoms with Gasteiger partial charge in [-0.2, -0.15) is 0 Å². The Morgan fingerprint density at radius 3 is 2.52 bits per heavy atom. The van der Waals surface area contributed by atoms with Crippen molar-refractivity contribution in [2.24, 2.45) is 5.41 Å². The Morgan fingerprint density at radius 2 is 2.00 bits per heavy atom. The highest BCUT2D eigenvalue weighted by Gasteiger charge is 2.69. The molecule has 1 aromatic rings. The van der Waals surface area contributed by atoms with Gasteiger partial charge in [0.25, 0.3) is 5.91 Å². The van der Waals surface area contributed by atoms with Gasteiger partial charge in [0.1, 0.15) is 9.75 Å². The lowest BCUT2D eigenvalue weighted by atomic mass is 10.1. The summed E-state index contributed by atoms with van der Waals surface area (Å²) in [6.45, 7) is 3.03. The second-order valence-corrected chi connectivity index (χ2v) is 7.22. The normalized spacial score (nSPS) is 22.5. The van der Waals surface area contributed by atoms with Crippen LogP contribution in [-0.4, -0.2) is 22.8 Å². The molecular weight excluding hydrogens is 337 g/mol. The van der Waals surface area contributed by atoms with Crippen LogP contribution in [0.4, 0.5) is 5.69 Å². The van der Waals surface area contributed by atoms with E-state index in [9.17, 15) is 9.59 Å². The molecule has 1 atom stereocenters. The minimum absolute atomic E-state index is 0.319. The van der Waals surface area contributed by atoms with Gasteiger partial charge in [0.2, 0.25) is 0 Å². The van der Waals surface area contributed by atoms with Crippen LogP contribution in [0.3, 0.4) is 0 Å². The van der Waals surface area contributed by atoms with Crippen molar-refractivity contribution in [2.45, 2.75) is 24.6 Å². The number of benzene rings is 1. The van der Waals surface area contributed by atoms with E-state index in [-0.39, 0.29) is 6.61 Å². The molecule has 0 unspecified atom stereocenters. The van der Waals surface area contributed by atoms with Crippen molar-refractivity contribution in [3.8, 4) is 0 Å². The summed E-state index contributed by atoms with van der Waals surface area (Å²) in [6.07, 6.45) is 0.319. The number of halogens is 3. The maximum absolute atomic E-state index is 11.8. The van der Waals surface area contributed by atoms with Gasteiger partial charge >= 0.3 is 5.97 Å². The van der Waals surface area contributed by atoms with E-state index in [1.165, 1.54) is 0 Å². The summed E-state index contributed by atoms with van der Waals surface area (Å²) in [7, 11) is 0. The van der Waals surface area contributed by atoms with E-state index in [2.05, 4.69) is 5.32 Å². The van der Waals surface area contributed by atoms with Crippen LogP contribution >= 0.6 is 34.8 Å². The Hall–Kier alpha value is -0.970. The van der Waals surface area contributed by atoms with E-state index < -0.39 is 21.6 Å². The van der Waals surface area contributed by atoms with Crippen LogP contribution in [0, 0.1) is 12.3 Å². The highest BCUT2D eigenvalue weighted by molar-refractivity contribution is 6.53. The van der Waals surface area contributed by atoms with Gasteiger partial charge < -0.3 is 10.1 Å². The molecule has 0 bridgehead atoms. The van der Waals surface area contributed by atoms with Crippen LogP contribution in [0.15, 0.2) is 18.2 Å². The summed E-state index contributed by atoms with van der Waals surface area (Å²) in [5, 5.41) is 3.23. The smallest absolute Gasteiger partial charge is 0.315 e. The van der Waals surface area contributed by atoms with Gasteiger partial charge in [0.05, 0.1) is 0 Å². The fourth-order valence-corrected chi connectivity index (χ4v) is 2.78. The number of esters is 1. The molecule has 1 amide bonds. The van der Waals surface area contributed by atoms with Crippen LogP contribution in [-0.2, 0) is 14.3 Å². The number of alkyl halides is 2. The molecule has 0 heterocycles. The molecule has 1 saturated carbocycles. The Kier molecular flexibility index (Phi) is 4.43. The summed E-state index contributed by atoms with van der Waals surface area (Å²) in [4.78, 5) is 23.6. The first-order valence-electron chi connectivity index (χ1n) is 6.27. The second kappa shape index (κ2) is 5.67. The number of aryl methyl sites for hydroxylation is 1. The van der Waals surface area contributed by atoms with E-state index >= 15 is 0 Å². The first-order chi connectivity index (χ1) is 9.65. The average molecular weight is 351 g/mol. The van der Waals surface area contributed by atoms with Crippen molar-refractivity contribution in [3.05, 3.63) is 28.8 Å². The zero-order chi connectivity index (χ0) is 15.8. The van der Waals surface area contributed by atoms with Crippen molar-refractivity contribution < 1.29 is 14.3 Å². The van der Waals surface area contributed by atoms with Crippen molar-refractivity contribution in [3.63, 3.8) is 0 Å². The molecule has 0 radical (unpaired) electrons. The average Bonchev–Trinajstić information content (AvgIpc) is 2.90. The zero-order valence-electron chi connectivity index (χ0n) is 11.5. The van der Waals surface area contributed by atoms with Crippen LogP contribution in [0.25, 0.3) is 0 Å². The molecule has 1 fully saturated rings. The van der Waals surface area contributed by atoms with Crippen LogP contribution in [0.2, 0.25) is 5.02 Å². The van der Waals surface area contributed by atoms with E-state index in [4.69, 9.17) is 39.5 Å². The summed E-state index contributed by atoms with van der Waals surface area (Å²) in [6, 6.07) is 5.07. The lowest BCUT2D eigenvalue weighted by Crippen LogP contribution is -2.27. The van der Waals surface area contributed by atoms with Crippen molar-refractivity contribution >= 4 is 52.4 Å². The second-order valence-electron chi connectivity index (χ2n) is 5.30. The minimum Gasteiger partial charge on any atom is -0.455 e. The van der Waals surface area contributed by atoms with E-state index in [0.717, 1.165) is 5.56 Å². The van der Waals surface area contributed by atoms with Crippen LogP contribution in [0.1, 0.15) is 18.9 Å². The Morgan fingerprint density at radius 1 is 1.38 bits per heavy atom. The fourth-order valence-electron chi connectivity index (χ4n) is 1.87. The topological polar surface area (TPSA) is 55.4 Å². The van der Waals surface area contributed by atoms with Gasteiger partial charge in [-0.05, 0) is 37.6 Å². The molecular formula is C14H14Cl3NO3. The minimum atomic E-state index is -1.10. The highest BCUT2D eigenvalue weighted by Crippen LogP contribution is 2.64. The quantitative estimate of drug-likeness (QED) is 0.665. The first kappa shape index (κ1) is 16.4. The predicted molar refractivity (Wildman–Crippen MR) is 82.9 cm³/mol. The number of anilines is 1. The molecule has 1 N–H and O–H groups in total. The molecule has 0 aromatic heterocycles. The number of rotatable bonds is 4. The molecule has 1 aliphatic carbocycles. The monoisotopic (exact) mass is 349 g/mol. The lowest BCUT2D eigenvalue weighted by Gasteiger charge is -2.12. The molecule has 7 heteroatoms. The maximum Gasteiger partial charge on any atom is 0.315 e. The molecule has 2 rings (SSSR count). The standard InChI is InChI=1S/C14H14Cl3NO3/c1-8-5-9(15)3-4-10(8)18-11(19)6-21-12(20)13(2)7-14(13,16)17/h3-5H,6-7H2,1-2H3,(H,18,19)/t13-/m0/s1. The van der Waals surface area contributed by atoms with E-state index in [0.29, 0.717) is 17.1 Å². The number of nitrogens with one attached hydrogen (secondary N) is 1. The van der Waals surface area contributed by atoms with Gasteiger partial charge in [-0.1, -0.05) is 11.6 Å². The summed E-state index contributed by atoms with van der Waals surface area (Å²) >= 11 is 17.6. The number of carbonyl (C=O) groups is 2. The number of carbonyl (C=O) groups excluding carboxylic acids is 2. The third-order valence-corrected chi connectivity index (χ3v) is 4.84. The molecule has 4 nitrogen and oxygen atoms in total. The maximum atomic E-state index is 11.8. The number of hydrogen-bond acceptors (Lipinski definition) is 3. The molecule has 1 aliphatic rings. The Bertz CT molecular complexity index is 603. The van der Waals surface area contributed by atoms with Crippen LogP contribution < -0.4 is 5.32 Å². The summed E-state index contributed by atoms with van der Waals surface area (Å²) in [5.74, 6) is -1.01. The van der Waals surface area contributed by atoms with Gasteiger partial charge in [0, 0.05) is 17.1 Å². The molecule has 21 heavy (non-hydrogen) atoms. The van der Waals surface area contributed by atoms with Gasteiger partial charge in [0.15, 0.2) is 6.61 Å². The van der Waals surface area contributed by atoms with Gasteiger partial charge in [-0.25, -0.2) is 0 Å². The molecule has 1 aromatic carbocycles. The Labute approximate surface area is 137 Å². The van der Waals surface area contributed by atoms with Crippen molar-refractivity contribution in [2.75, 3.05) is 11.9 Å². The predicted octanol–water partition coefficient (Wildman–Crippen LogP) is 3.71. The van der Waals surface area contributed by atoms with E-state index in [1.807, 2.05) is 6.92 Å². The fraction of sp³-hybridized carbons (Fsp3) is 0.429. The van der Waals surface area contributed by atoms with Gasteiger partial charge in [-0.15, -0.1) is 23.2 Å². The molecule has 0 aliphatic heterocycles. The summed E-state index contributed by atoms with van der Waals surface area (Å²) in [5.41, 5.74) is 0.492. The number of ether oxygens (including phenoxy) is 1. The molecule has 0 saturated heterocycles. The number of hydrogen-bond donors (Lipinski definition) is 1.